The van der Waals surface area contributed by atoms with Gasteiger partial charge in [-0.25, -0.2) is 0 Å². The summed E-state index contributed by atoms with van der Waals surface area (Å²) >= 11 is 0. The predicted molar refractivity (Wildman–Crippen MR) is 54.8 cm³/mol. The van der Waals surface area contributed by atoms with Gasteiger partial charge in [0.25, 0.3) is 0 Å². The van der Waals surface area contributed by atoms with E-state index in [4.69, 9.17) is 10.6 Å². The fourth-order valence-electron chi connectivity index (χ4n) is 1.26. The van der Waals surface area contributed by atoms with E-state index in [1.165, 1.54) is 0 Å². The summed E-state index contributed by atoms with van der Waals surface area (Å²) in [5.74, 6) is 5.85. The van der Waals surface area contributed by atoms with Crippen LogP contribution < -0.4 is 16.0 Å². The number of aliphatic hydroxyl groups is 1. The van der Waals surface area contributed by atoms with E-state index in [2.05, 4.69) is 5.43 Å². The smallest absolute Gasteiger partial charge is 0.125 e. The van der Waals surface area contributed by atoms with Gasteiger partial charge in [0.15, 0.2) is 0 Å². The zero-order chi connectivity index (χ0) is 10.4. The number of nitrogens with one attached hydrogen (secondary N) is 1. The van der Waals surface area contributed by atoms with Crippen molar-refractivity contribution in [3.63, 3.8) is 0 Å². The molecule has 0 aromatic heterocycles. The maximum absolute atomic E-state index is 9.71. The fourth-order valence-corrected chi connectivity index (χ4v) is 1.26. The van der Waals surface area contributed by atoms with Crippen LogP contribution in [-0.4, -0.2) is 18.3 Å². The molecule has 0 saturated carbocycles. The third-order valence-corrected chi connectivity index (χ3v) is 1.89. The van der Waals surface area contributed by atoms with E-state index >= 15 is 0 Å². The molecule has 0 saturated heterocycles. The lowest BCUT2D eigenvalue weighted by Gasteiger charge is -2.14. The molecule has 0 spiro atoms. The van der Waals surface area contributed by atoms with Gasteiger partial charge in [0.05, 0.1) is 12.7 Å². The maximum atomic E-state index is 9.71. The number of benzene rings is 1. The van der Waals surface area contributed by atoms with E-state index < -0.39 is 6.10 Å². The molecule has 0 aliphatic rings. The van der Waals surface area contributed by atoms with Crippen molar-refractivity contribution in [3.05, 3.63) is 29.8 Å². The fraction of sp³-hybridized carbons (Fsp3) is 0.400. The van der Waals surface area contributed by atoms with Crippen molar-refractivity contribution >= 4 is 0 Å². The molecule has 1 rings (SSSR count). The molecule has 0 amide bonds. The molecule has 1 unspecified atom stereocenters. The Bertz CT molecular complexity index is 279. The van der Waals surface area contributed by atoms with Crippen LogP contribution in [0.3, 0.4) is 0 Å². The van der Waals surface area contributed by atoms with Crippen molar-refractivity contribution in [1.29, 1.82) is 0 Å². The average molecular weight is 196 g/mol. The van der Waals surface area contributed by atoms with Crippen LogP contribution in [0.2, 0.25) is 0 Å². The number of rotatable bonds is 5. The van der Waals surface area contributed by atoms with Gasteiger partial charge in [0.2, 0.25) is 0 Å². The van der Waals surface area contributed by atoms with E-state index in [-0.39, 0.29) is 0 Å². The van der Waals surface area contributed by atoms with Crippen LogP contribution in [0.1, 0.15) is 18.6 Å². The third kappa shape index (κ3) is 2.70. The van der Waals surface area contributed by atoms with Gasteiger partial charge >= 0.3 is 0 Å². The van der Waals surface area contributed by atoms with Gasteiger partial charge < -0.3 is 9.84 Å². The molecular formula is C10H16N2O2. The molecule has 4 heteroatoms. The van der Waals surface area contributed by atoms with Crippen molar-refractivity contribution in [2.24, 2.45) is 5.84 Å². The van der Waals surface area contributed by atoms with Gasteiger partial charge in [-0.15, -0.1) is 0 Å². The summed E-state index contributed by atoms with van der Waals surface area (Å²) in [7, 11) is 0. The highest BCUT2D eigenvalue weighted by molar-refractivity contribution is 5.35. The molecule has 4 nitrogen and oxygen atoms in total. The van der Waals surface area contributed by atoms with E-state index in [1.54, 1.807) is 0 Å². The zero-order valence-electron chi connectivity index (χ0n) is 8.23. The molecule has 0 fully saturated rings. The molecule has 0 heterocycles. The molecule has 1 aromatic carbocycles. The van der Waals surface area contributed by atoms with Gasteiger partial charge in [0.1, 0.15) is 5.75 Å². The third-order valence-electron chi connectivity index (χ3n) is 1.89. The van der Waals surface area contributed by atoms with Crippen LogP contribution in [-0.2, 0) is 0 Å². The van der Waals surface area contributed by atoms with Crippen LogP contribution in [0.4, 0.5) is 0 Å². The lowest BCUT2D eigenvalue weighted by atomic mass is 10.1. The molecule has 0 aliphatic carbocycles. The predicted octanol–water partition coefficient (Wildman–Crippen LogP) is 0.582. The number of hydrazine groups is 1. The summed E-state index contributed by atoms with van der Waals surface area (Å²) in [6.45, 7) is 2.80. The van der Waals surface area contributed by atoms with Crippen molar-refractivity contribution in [1.82, 2.24) is 5.43 Å². The van der Waals surface area contributed by atoms with Gasteiger partial charge in [-0.05, 0) is 13.0 Å². The summed E-state index contributed by atoms with van der Waals surface area (Å²) < 4.78 is 5.38. The van der Waals surface area contributed by atoms with Crippen LogP contribution in [0.25, 0.3) is 0 Å². The molecule has 0 bridgehead atoms. The van der Waals surface area contributed by atoms with Gasteiger partial charge in [-0.2, -0.15) is 0 Å². The van der Waals surface area contributed by atoms with Crippen LogP contribution >= 0.6 is 0 Å². The lowest BCUT2D eigenvalue weighted by Crippen LogP contribution is -2.27. The van der Waals surface area contributed by atoms with E-state index in [9.17, 15) is 5.11 Å². The normalized spacial score (nSPS) is 12.5. The van der Waals surface area contributed by atoms with Gasteiger partial charge in [-0.3, -0.25) is 11.3 Å². The van der Waals surface area contributed by atoms with Crippen LogP contribution in [0, 0.1) is 0 Å². The van der Waals surface area contributed by atoms with E-state index in [1.807, 2.05) is 31.2 Å². The van der Waals surface area contributed by atoms with E-state index in [0.29, 0.717) is 18.9 Å². The minimum Gasteiger partial charge on any atom is -0.493 e. The summed E-state index contributed by atoms with van der Waals surface area (Å²) in [5, 5.41) is 9.71. The lowest BCUT2D eigenvalue weighted by molar-refractivity contribution is 0.169. The standard InChI is InChI=1S/C10H16N2O2/c1-2-14-10-6-4-3-5-8(10)9(13)7-12-11/h3-6,9,12-13H,2,7,11H2,1H3. The first-order valence-electron chi connectivity index (χ1n) is 4.62. The Balaban J connectivity index is 2.82. The van der Waals surface area contributed by atoms with Crippen molar-refractivity contribution in [2.45, 2.75) is 13.0 Å². The SMILES string of the molecule is CCOc1ccccc1C(O)CNN. The van der Waals surface area contributed by atoms with Crippen molar-refractivity contribution in [2.75, 3.05) is 13.2 Å². The topological polar surface area (TPSA) is 67.5 Å². The summed E-state index contributed by atoms with van der Waals surface area (Å²) in [4.78, 5) is 0. The Labute approximate surface area is 83.7 Å². The number of aliphatic hydroxyl groups excluding tert-OH is 1. The minimum atomic E-state index is -0.636. The Morgan fingerprint density at radius 2 is 2.21 bits per heavy atom. The largest absolute Gasteiger partial charge is 0.493 e. The molecule has 1 atom stereocenters. The van der Waals surface area contributed by atoms with E-state index in [0.717, 1.165) is 5.56 Å². The number of ether oxygens (including phenoxy) is 1. The minimum absolute atomic E-state index is 0.310. The monoisotopic (exact) mass is 196 g/mol. The summed E-state index contributed by atoms with van der Waals surface area (Å²) in [6, 6.07) is 7.39. The molecule has 14 heavy (non-hydrogen) atoms. The average Bonchev–Trinajstić information content (AvgIpc) is 2.19. The second kappa shape index (κ2) is 5.59. The molecule has 4 N–H and O–H groups in total. The van der Waals surface area contributed by atoms with Crippen molar-refractivity contribution < 1.29 is 9.84 Å². The first kappa shape index (κ1) is 11.0. The highest BCUT2D eigenvalue weighted by Crippen LogP contribution is 2.24. The molecule has 1 aromatic rings. The number of para-hydroxylation sites is 1. The Morgan fingerprint density at radius 1 is 1.50 bits per heavy atom. The molecule has 78 valence electrons. The highest BCUT2D eigenvalue weighted by Gasteiger charge is 2.11. The summed E-state index contributed by atoms with van der Waals surface area (Å²) in [6.07, 6.45) is -0.636. The van der Waals surface area contributed by atoms with Crippen LogP contribution in [0.15, 0.2) is 24.3 Å². The van der Waals surface area contributed by atoms with Gasteiger partial charge in [-0.1, -0.05) is 18.2 Å². The molecule has 0 radical (unpaired) electrons. The quantitative estimate of drug-likeness (QED) is 0.476. The Morgan fingerprint density at radius 3 is 2.86 bits per heavy atom. The second-order valence-corrected chi connectivity index (χ2v) is 2.89. The highest BCUT2D eigenvalue weighted by atomic mass is 16.5. The van der Waals surface area contributed by atoms with Gasteiger partial charge in [0, 0.05) is 12.1 Å². The van der Waals surface area contributed by atoms with Crippen LogP contribution in [0.5, 0.6) is 5.75 Å². The number of nitrogens with two attached hydrogens (primary N) is 1. The molecule has 0 aliphatic heterocycles. The Kier molecular flexibility index (Phi) is 4.39. The maximum Gasteiger partial charge on any atom is 0.125 e. The first-order valence-corrected chi connectivity index (χ1v) is 4.62. The first-order chi connectivity index (χ1) is 6.79. The molecular weight excluding hydrogens is 180 g/mol. The number of hydrogen-bond acceptors (Lipinski definition) is 4. The Hall–Kier alpha value is -1.10. The van der Waals surface area contributed by atoms with Crippen molar-refractivity contribution in [3.8, 4) is 5.75 Å². The summed E-state index contributed by atoms with van der Waals surface area (Å²) in [5.41, 5.74) is 3.19. The zero-order valence-corrected chi connectivity index (χ0v) is 8.23. The second-order valence-electron chi connectivity index (χ2n) is 2.89. The number of hydrogen-bond donors (Lipinski definition) is 3.